The van der Waals surface area contributed by atoms with E-state index in [9.17, 15) is 13.2 Å². The van der Waals surface area contributed by atoms with Gasteiger partial charge in [-0.1, -0.05) is 13.0 Å². The molecule has 6 heteroatoms. The Hall–Kier alpha value is -1.40. The average Bonchev–Trinajstić information content (AvgIpc) is 3.03. The predicted octanol–water partition coefficient (Wildman–Crippen LogP) is 2.24. The van der Waals surface area contributed by atoms with Crippen LogP contribution in [0.3, 0.4) is 0 Å². The number of aryl methyl sites for hydroxylation is 2. The van der Waals surface area contributed by atoms with Crippen LogP contribution in [0.15, 0.2) is 23.1 Å². The van der Waals surface area contributed by atoms with Crippen molar-refractivity contribution in [3.05, 3.63) is 29.3 Å². The van der Waals surface area contributed by atoms with Crippen molar-refractivity contribution in [2.45, 2.75) is 62.8 Å². The molecule has 1 saturated heterocycles. The van der Waals surface area contributed by atoms with E-state index in [2.05, 4.69) is 16.5 Å². The van der Waals surface area contributed by atoms with E-state index in [0.29, 0.717) is 0 Å². The van der Waals surface area contributed by atoms with Crippen LogP contribution in [0.1, 0.15) is 50.2 Å². The van der Waals surface area contributed by atoms with E-state index in [1.54, 1.807) is 12.1 Å². The number of carbonyl (C=O) groups is 1. The van der Waals surface area contributed by atoms with Crippen molar-refractivity contribution in [2.24, 2.45) is 0 Å². The Bertz CT molecular complexity index is 715. The molecule has 1 N–H and O–H groups in total. The summed E-state index contributed by atoms with van der Waals surface area (Å²) in [5, 5.41) is 0. The number of nitrogens with one attached hydrogen (secondary N) is 1. The number of rotatable bonds is 5. The fourth-order valence-corrected chi connectivity index (χ4v) is 4.88. The second-order valence-electron chi connectivity index (χ2n) is 6.80. The van der Waals surface area contributed by atoms with Gasteiger partial charge >= 0.3 is 0 Å². The Morgan fingerprint density at radius 3 is 2.71 bits per heavy atom. The van der Waals surface area contributed by atoms with E-state index in [1.807, 2.05) is 6.07 Å². The second kappa shape index (κ2) is 7.23. The van der Waals surface area contributed by atoms with Gasteiger partial charge in [0.25, 0.3) is 15.9 Å². The highest BCUT2D eigenvalue weighted by atomic mass is 32.2. The van der Waals surface area contributed by atoms with Crippen LogP contribution >= 0.6 is 0 Å². The molecule has 1 aliphatic carbocycles. The smallest absolute Gasteiger partial charge is 0.264 e. The minimum Gasteiger partial charge on any atom is -0.292 e. The third-order valence-corrected chi connectivity index (χ3v) is 6.39. The maximum absolute atomic E-state index is 12.6. The van der Waals surface area contributed by atoms with Gasteiger partial charge in [0.1, 0.15) is 0 Å². The topological polar surface area (TPSA) is 66.5 Å². The van der Waals surface area contributed by atoms with Crippen molar-refractivity contribution in [3.63, 3.8) is 0 Å². The number of benzene rings is 1. The quantitative estimate of drug-likeness (QED) is 0.884. The van der Waals surface area contributed by atoms with Crippen molar-refractivity contribution in [2.75, 3.05) is 13.1 Å². The monoisotopic (exact) mass is 350 g/mol. The number of fused-ring (bicyclic) bond motifs is 1. The molecule has 1 aliphatic heterocycles. The molecule has 2 aliphatic rings. The number of sulfonamides is 1. The molecule has 1 heterocycles. The van der Waals surface area contributed by atoms with Gasteiger partial charge in [0.05, 0.1) is 10.9 Å². The molecule has 3 rings (SSSR count). The maximum atomic E-state index is 12.6. The van der Waals surface area contributed by atoms with Crippen molar-refractivity contribution in [3.8, 4) is 0 Å². The molecule has 1 atom stereocenters. The number of nitrogens with zero attached hydrogens (tertiary/aromatic N) is 1. The van der Waals surface area contributed by atoms with Crippen LogP contribution < -0.4 is 4.72 Å². The molecule has 0 spiro atoms. The lowest BCUT2D eigenvalue weighted by Crippen LogP contribution is -2.45. The molecule has 1 aromatic rings. The summed E-state index contributed by atoms with van der Waals surface area (Å²) >= 11 is 0. The minimum atomic E-state index is -3.79. The molecular weight excluding hydrogens is 324 g/mol. The Kier molecular flexibility index (Phi) is 5.25. The van der Waals surface area contributed by atoms with Crippen molar-refractivity contribution in [1.29, 1.82) is 0 Å². The normalized spacial score (nSPS) is 21.5. The zero-order chi connectivity index (χ0) is 17.2. The van der Waals surface area contributed by atoms with Crippen LogP contribution in [-0.2, 0) is 27.7 Å². The van der Waals surface area contributed by atoms with Gasteiger partial charge in [-0.25, -0.2) is 13.1 Å². The molecular formula is C18H26N2O3S. The van der Waals surface area contributed by atoms with Crippen LogP contribution in [0, 0.1) is 0 Å². The summed E-state index contributed by atoms with van der Waals surface area (Å²) < 4.78 is 27.5. The number of hydrogen-bond donors (Lipinski definition) is 1. The molecule has 0 unspecified atom stereocenters. The number of hydrogen-bond acceptors (Lipinski definition) is 4. The third kappa shape index (κ3) is 3.64. The van der Waals surface area contributed by atoms with E-state index in [4.69, 9.17) is 0 Å². The first-order chi connectivity index (χ1) is 11.5. The summed E-state index contributed by atoms with van der Waals surface area (Å²) in [6.07, 6.45) is 6.81. The fourth-order valence-electron chi connectivity index (χ4n) is 3.81. The van der Waals surface area contributed by atoms with Gasteiger partial charge < -0.3 is 0 Å². The first kappa shape index (κ1) is 17.4. The third-order valence-electron chi connectivity index (χ3n) is 5.04. The zero-order valence-electron chi connectivity index (χ0n) is 14.3. The zero-order valence-corrected chi connectivity index (χ0v) is 15.1. The molecule has 132 valence electrons. The summed E-state index contributed by atoms with van der Waals surface area (Å²) in [5.41, 5.74) is 2.33. The van der Waals surface area contributed by atoms with E-state index in [1.165, 1.54) is 5.56 Å². The molecule has 1 amide bonds. The summed E-state index contributed by atoms with van der Waals surface area (Å²) in [5.74, 6) is -0.390. The van der Waals surface area contributed by atoms with Gasteiger partial charge in [0, 0.05) is 0 Å². The van der Waals surface area contributed by atoms with E-state index in [-0.39, 0.29) is 10.9 Å². The predicted molar refractivity (Wildman–Crippen MR) is 93.3 cm³/mol. The highest BCUT2D eigenvalue weighted by Crippen LogP contribution is 2.24. The molecule has 5 nitrogen and oxygen atoms in total. The summed E-state index contributed by atoms with van der Waals surface area (Å²) in [6, 6.07) is 4.94. The van der Waals surface area contributed by atoms with Crippen LogP contribution in [-0.4, -0.2) is 38.4 Å². The maximum Gasteiger partial charge on any atom is 0.264 e. The first-order valence-corrected chi connectivity index (χ1v) is 10.4. The fraction of sp³-hybridized carbons (Fsp3) is 0.611. The van der Waals surface area contributed by atoms with Crippen LogP contribution in [0.2, 0.25) is 0 Å². The van der Waals surface area contributed by atoms with Gasteiger partial charge in [0.2, 0.25) is 0 Å². The minimum absolute atomic E-state index is 0.205. The molecule has 1 fully saturated rings. The first-order valence-electron chi connectivity index (χ1n) is 8.94. The van der Waals surface area contributed by atoms with Gasteiger partial charge in [-0.15, -0.1) is 0 Å². The van der Waals surface area contributed by atoms with Crippen LogP contribution in [0.25, 0.3) is 0 Å². The molecule has 0 radical (unpaired) electrons. The summed E-state index contributed by atoms with van der Waals surface area (Å²) in [4.78, 5) is 14.8. The SMILES string of the molecule is CCCN1CCC[C@@H]1C(=O)NS(=O)(=O)c1ccc2c(c1)CCCC2. The second-order valence-corrected chi connectivity index (χ2v) is 8.48. The van der Waals surface area contributed by atoms with Gasteiger partial charge in [-0.05, 0) is 81.3 Å². The lowest BCUT2D eigenvalue weighted by Gasteiger charge is -2.23. The van der Waals surface area contributed by atoms with Crippen LogP contribution in [0.4, 0.5) is 0 Å². The van der Waals surface area contributed by atoms with Gasteiger partial charge in [-0.3, -0.25) is 9.69 Å². The van der Waals surface area contributed by atoms with E-state index in [0.717, 1.165) is 63.6 Å². The highest BCUT2D eigenvalue weighted by Gasteiger charge is 2.32. The largest absolute Gasteiger partial charge is 0.292 e. The summed E-state index contributed by atoms with van der Waals surface area (Å²) in [7, 11) is -3.79. The Balaban J connectivity index is 1.75. The number of carbonyl (C=O) groups excluding carboxylic acids is 1. The number of amides is 1. The molecule has 1 aromatic carbocycles. The lowest BCUT2D eigenvalue weighted by atomic mass is 9.92. The molecule has 0 bridgehead atoms. The van der Waals surface area contributed by atoms with Crippen molar-refractivity contribution < 1.29 is 13.2 Å². The standard InChI is InChI=1S/C18H26N2O3S/c1-2-11-20-12-5-8-17(20)18(21)19-24(22,23)16-10-9-14-6-3-4-7-15(14)13-16/h9-10,13,17H,2-8,11-12H2,1H3,(H,19,21)/t17-/m1/s1. The lowest BCUT2D eigenvalue weighted by molar-refractivity contribution is -0.123. The van der Waals surface area contributed by atoms with E-state index >= 15 is 0 Å². The highest BCUT2D eigenvalue weighted by molar-refractivity contribution is 7.90. The van der Waals surface area contributed by atoms with Crippen molar-refractivity contribution in [1.82, 2.24) is 9.62 Å². The van der Waals surface area contributed by atoms with Crippen LogP contribution in [0.5, 0.6) is 0 Å². The average molecular weight is 350 g/mol. The van der Waals surface area contributed by atoms with E-state index < -0.39 is 15.9 Å². The Morgan fingerprint density at radius 1 is 1.21 bits per heavy atom. The van der Waals surface area contributed by atoms with Gasteiger partial charge in [0.15, 0.2) is 0 Å². The molecule has 0 saturated carbocycles. The Morgan fingerprint density at radius 2 is 1.96 bits per heavy atom. The number of likely N-dealkylation sites (tertiary alicyclic amines) is 1. The Labute approximate surface area is 144 Å². The summed E-state index contributed by atoms with van der Waals surface area (Å²) in [6.45, 7) is 3.76. The van der Waals surface area contributed by atoms with Crippen molar-refractivity contribution >= 4 is 15.9 Å². The molecule has 24 heavy (non-hydrogen) atoms. The van der Waals surface area contributed by atoms with Gasteiger partial charge in [-0.2, -0.15) is 0 Å². The molecule has 0 aromatic heterocycles.